The zero-order valence-electron chi connectivity index (χ0n) is 32.8. The van der Waals surface area contributed by atoms with Crippen molar-refractivity contribution in [3.8, 4) is 27.9 Å². The van der Waals surface area contributed by atoms with Gasteiger partial charge in [0.05, 0.1) is 11.0 Å². The fourth-order valence-corrected chi connectivity index (χ4v) is 9.39. The number of fused-ring (bicyclic) bond motifs is 8. The van der Waals surface area contributed by atoms with E-state index in [1.807, 2.05) is 0 Å². The fraction of sp³-hybridized carbons (Fsp3) is 0. The molecule has 1 aromatic heterocycles. The van der Waals surface area contributed by atoms with Gasteiger partial charge in [0, 0.05) is 33.5 Å². The van der Waals surface area contributed by atoms with Crippen molar-refractivity contribution in [3.63, 3.8) is 0 Å². The first kappa shape index (κ1) is 34.1. The molecule has 12 aromatic rings. The molecule has 1 heterocycles. The van der Waals surface area contributed by atoms with E-state index in [2.05, 4.69) is 240 Å². The highest BCUT2D eigenvalue weighted by molar-refractivity contribution is 6.15. The zero-order valence-corrected chi connectivity index (χ0v) is 32.8. The first-order valence-electron chi connectivity index (χ1n) is 20.7. The molecule has 0 bridgehead atoms. The van der Waals surface area contributed by atoms with Crippen molar-refractivity contribution in [3.05, 3.63) is 231 Å². The van der Waals surface area contributed by atoms with E-state index in [4.69, 9.17) is 0 Å². The van der Waals surface area contributed by atoms with Crippen molar-refractivity contribution < 1.29 is 0 Å². The highest BCUT2D eigenvalue weighted by atomic mass is 15.1. The summed E-state index contributed by atoms with van der Waals surface area (Å²) in [6, 6.07) is 84.3. The summed E-state index contributed by atoms with van der Waals surface area (Å²) in [4.78, 5) is 2.37. The van der Waals surface area contributed by atoms with Crippen LogP contribution in [0.25, 0.3) is 92.8 Å². The Kier molecular flexibility index (Phi) is 7.89. The van der Waals surface area contributed by atoms with Gasteiger partial charge in [-0.25, -0.2) is 0 Å². The fourth-order valence-electron chi connectivity index (χ4n) is 9.39. The van der Waals surface area contributed by atoms with Gasteiger partial charge in [-0.3, -0.25) is 0 Å². The smallest absolute Gasteiger partial charge is 0.0547 e. The van der Waals surface area contributed by atoms with E-state index in [-0.39, 0.29) is 0 Å². The van der Waals surface area contributed by atoms with Crippen LogP contribution in [0.5, 0.6) is 0 Å². The molecule has 0 aliphatic heterocycles. The maximum Gasteiger partial charge on any atom is 0.0547 e. The maximum absolute atomic E-state index is 2.41. The van der Waals surface area contributed by atoms with Crippen molar-refractivity contribution >= 4 is 82.0 Å². The van der Waals surface area contributed by atoms with Crippen molar-refractivity contribution in [2.24, 2.45) is 0 Å². The second-order valence-electron chi connectivity index (χ2n) is 15.8. The SMILES string of the molecule is c1ccc2cc(-c3ccc(N(c4ccc(-c5cc6ccccc6c6ccccc56)cc4)c4ccc(-n5c6ccccc6c6cc7ccccc7cc65)cc4)cc3)ccc2c1. The first-order valence-corrected chi connectivity index (χ1v) is 20.7. The lowest BCUT2D eigenvalue weighted by Gasteiger charge is -2.26. The number of hydrogen-bond acceptors (Lipinski definition) is 1. The van der Waals surface area contributed by atoms with Crippen LogP contribution in [0.3, 0.4) is 0 Å². The Morgan fingerprint density at radius 2 is 0.767 bits per heavy atom. The normalized spacial score (nSPS) is 11.7. The van der Waals surface area contributed by atoms with Crippen LogP contribution in [-0.2, 0) is 0 Å². The van der Waals surface area contributed by atoms with E-state index in [0.29, 0.717) is 0 Å². The van der Waals surface area contributed by atoms with Crippen LogP contribution in [0.2, 0.25) is 0 Å². The van der Waals surface area contributed by atoms with Gasteiger partial charge >= 0.3 is 0 Å². The summed E-state index contributed by atoms with van der Waals surface area (Å²) in [6.45, 7) is 0. The lowest BCUT2D eigenvalue weighted by Crippen LogP contribution is -2.10. The molecule has 280 valence electrons. The largest absolute Gasteiger partial charge is 0.311 e. The molecule has 0 saturated carbocycles. The summed E-state index contributed by atoms with van der Waals surface area (Å²) in [7, 11) is 0. The minimum atomic E-state index is 1.09. The Balaban J connectivity index is 0.977. The zero-order chi connectivity index (χ0) is 39.6. The lowest BCUT2D eigenvalue weighted by atomic mass is 9.93. The third kappa shape index (κ3) is 5.65. The highest BCUT2D eigenvalue weighted by Crippen LogP contribution is 2.41. The van der Waals surface area contributed by atoms with Gasteiger partial charge in [-0.1, -0.05) is 152 Å². The number of rotatable bonds is 6. The standard InChI is InChI=1S/C58H38N2/c1-2-12-42-35-45(22-21-39(42)11-1)40-23-27-47(28-24-40)59(48-29-25-41(26-30-48)55-37-46-15-5-6-16-51(46)52-17-7-8-18-53(52)55)49-31-33-50(34-32-49)60-57-20-10-9-19-54(57)56-36-43-13-3-4-14-44(43)38-58(56)60/h1-38H. The Bertz CT molecular complexity index is 3580. The van der Waals surface area contributed by atoms with E-state index < -0.39 is 0 Å². The summed E-state index contributed by atoms with van der Waals surface area (Å²) in [5.74, 6) is 0. The lowest BCUT2D eigenvalue weighted by molar-refractivity contribution is 1.17. The monoisotopic (exact) mass is 762 g/mol. The second-order valence-corrected chi connectivity index (χ2v) is 15.8. The highest BCUT2D eigenvalue weighted by Gasteiger charge is 2.17. The molecule has 0 saturated heterocycles. The van der Waals surface area contributed by atoms with E-state index in [1.54, 1.807) is 0 Å². The average Bonchev–Trinajstić information content (AvgIpc) is 3.64. The van der Waals surface area contributed by atoms with Gasteiger partial charge in [0.1, 0.15) is 0 Å². The van der Waals surface area contributed by atoms with Gasteiger partial charge < -0.3 is 9.47 Å². The molecule has 12 rings (SSSR count). The first-order chi connectivity index (χ1) is 29.7. The molecule has 0 fully saturated rings. The quantitative estimate of drug-likeness (QED) is 0.153. The van der Waals surface area contributed by atoms with Crippen molar-refractivity contribution in [2.75, 3.05) is 4.90 Å². The van der Waals surface area contributed by atoms with Crippen LogP contribution in [0.1, 0.15) is 0 Å². The summed E-state index contributed by atoms with van der Waals surface area (Å²) in [5.41, 5.74) is 11.7. The molecule has 11 aromatic carbocycles. The summed E-state index contributed by atoms with van der Waals surface area (Å²) in [5, 5.41) is 12.6. The van der Waals surface area contributed by atoms with Gasteiger partial charge in [-0.15, -0.1) is 0 Å². The molecule has 0 atom stereocenters. The summed E-state index contributed by atoms with van der Waals surface area (Å²) < 4.78 is 2.41. The maximum atomic E-state index is 2.41. The number of benzene rings is 11. The van der Waals surface area contributed by atoms with Crippen LogP contribution < -0.4 is 4.90 Å². The third-order valence-electron chi connectivity index (χ3n) is 12.3. The number of hydrogen-bond donors (Lipinski definition) is 0. The van der Waals surface area contributed by atoms with E-state index >= 15 is 0 Å². The van der Waals surface area contributed by atoms with Crippen LogP contribution in [-0.4, -0.2) is 4.57 Å². The van der Waals surface area contributed by atoms with E-state index in [1.165, 1.54) is 87.1 Å². The molecule has 0 radical (unpaired) electrons. The number of para-hydroxylation sites is 1. The van der Waals surface area contributed by atoms with Crippen molar-refractivity contribution in [1.29, 1.82) is 0 Å². The summed E-state index contributed by atoms with van der Waals surface area (Å²) >= 11 is 0. The molecule has 2 heteroatoms. The van der Waals surface area contributed by atoms with Crippen molar-refractivity contribution in [1.82, 2.24) is 4.57 Å². The minimum absolute atomic E-state index is 1.09. The van der Waals surface area contributed by atoms with Crippen LogP contribution in [0, 0.1) is 0 Å². The number of anilines is 3. The predicted molar refractivity (Wildman–Crippen MR) is 256 cm³/mol. The molecule has 0 unspecified atom stereocenters. The van der Waals surface area contributed by atoms with Crippen LogP contribution >= 0.6 is 0 Å². The molecular formula is C58H38N2. The number of aromatic nitrogens is 1. The third-order valence-corrected chi connectivity index (χ3v) is 12.3. The predicted octanol–water partition coefficient (Wildman–Crippen LogP) is 16.2. The Hall–Kier alpha value is -7.94. The van der Waals surface area contributed by atoms with Crippen LogP contribution in [0.15, 0.2) is 231 Å². The molecule has 0 N–H and O–H groups in total. The molecular weight excluding hydrogens is 725 g/mol. The Morgan fingerprint density at radius 3 is 1.47 bits per heavy atom. The summed E-state index contributed by atoms with van der Waals surface area (Å²) in [6.07, 6.45) is 0. The number of nitrogens with zero attached hydrogens (tertiary/aromatic N) is 2. The second kappa shape index (κ2) is 13.9. The van der Waals surface area contributed by atoms with Crippen molar-refractivity contribution in [2.45, 2.75) is 0 Å². The van der Waals surface area contributed by atoms with Gasteiger partial charge in [0.2, 0.25) is 0 Å². The molecule has 2 nitrogen and oxygen atoms in total. The minimum Gasteiger partial charge on any atom is -0.311 e. The van der Waals surface area contributed by atoms with Gasteiger partial charge in [0.15, 0.2) is 0 Å². The van der Waals surface area contributed by atoms with Gasteiger partial charge in [0.25, 0.3) is 0 Å². The van der Waals surface area contributed by atoms with E-state index in [0.717, 1.165) is 22.7 Å². The average molecular weight is 763 g/mol. The van der Waals surface area contributed by atoms with E-state index in [9.17, 15) is 0 Å². The molecule has 0 aliphatic rings. The molecule has 0 spiro atoms. The Morgan fingerprint density at radius 1 is 0.267 bits per heavy atom. The molecule has 0 aliphatic carbocycles. The van der Waals surface area contributed by atoms with Gasteiger partial charge in [-0.2, -0.15) is 0 Å². The topological polar surface area (TPSA) is 8.17 Å². The molecule has 60 heavy (non-hydrogen) atoms. The van der Waals surface area contributed by atoms with Crippen LogP contribution in [0.4, 0.5) is 17.1 Å². The Labute approximate surface area is 348 Å². The van der Waals surface area contributed by atoms with Gasteiger partial charge in [-0.05, 0) is 144 Å². The molecule has 0 amide bonds.